The van der Waals surface area contributed by atoms with Crippen LogP contribution in [0.15, 0.2) is 18.3 Å². The lowest BCUT2D eigenvalue weighted by Crippen LogP contribution is -2.23. The van der Waals surface area contributed by atoms with Crippen molar-refractivity contribution >= 4 is 0 Å². The normalized spacial score (nSPS) is 15.3. The smallest absolute Gasteiger partial charge is 0.140 e. The minimum absolute atomic E-state index is 0.721. The van der Waals surface area contributed by atoms with Crippen molar-refractivity contribution in [3.63, 3.8) is 0 Å². The van der Waals surface area contributed by atoms with Crippen LogP contribution in [0.1, 0.15) is 18.5 Å². The summed E-state index contributed by atoms with van der Waals surface area (Å²) in [7, 11) is 0. The second kappa shape index (κ2) is 5.12. The second-order valence-corrected chi connectivity index (χ2v) is 4.08. The zero-order chi connectivity index (χ0) is 10.5. The Morgan fingerprint density at radius 1 is 1.53 bits per heavy atom. The molecule has 1 saturated carbocycles. The number of hydrogen-bond acceptors (Lipinski definition) is 3. The van der Waals surface area contributed by atoms with Gasteiger partial charge in [-0.2, -0.15) is 0 Å². The van der Waals surface area contributed by atoms with Crippen LogP contribution in [0.4, 0.5) is 0 Å². The molecule has 15 heavy (non-hydrogen) atoms. The third-order valence-corrected chi connectivity index (χ3v) is 2.62. The Morgan fingerprint density at radius 2 is 2.40 bits per heavy atom. The predicted molar refractivity (Wildman–Crippen MR) is 60.1 cm³/mol. The summed E-state index contributed by atoms with van der Waals surface area (Å²) < 4.78 is 5.61. The molecule has 3 heteroatoms. The number of nitrogens with zero attached hydrogens (tertiary/aromatic N) is 1. The molecule has 0 aromatic carbocycles. The van der Waals surface area contributed by atoms with Gasteiger partial charge in [-0.15, -0.1) is 0 Å². The molecule has 1 aromatic heterocycles. The van der Waals surface area contributed by atoms with Crippen LogP contribution >= 0.6 is 0 Å². The molecule has 1 fully saturated rings. The van der Waals surface area contributed by atoms with Gasteiger partial charge in [-0.05, 0) is 44.4 Å². The Kier molecular flexibility index (Phi) is 3.56. The molecule has 1 heterocycles. The SMILES string of the molecule is Cc1ncccc1OCCNCC1CC1. The highest BCUT2D eigenvalue weighted by atomic mass is 16.5. The third-order valence-electron chi connectivity index (χ3n) is 2.62. The number of rotatable bonds is 6. The van der Waals surface area contributed by atoms with Gasteiger partial charge in [-0.3, -0.25) is 4.98 Å². The molecule has 0 atom stereocenters. The van der Waals surface area contributed by atoms with Crippen molar-refractivity contribution in [1.82, 2.24) is 10.3 Å². The minimum atomic E-state index is 0.721. The zero-order valence-corrected chi connectivity index (χ0v) is 9.20. The molecule has 2 rings (SSSR count). The Balaban J connectivity index is 1.62. The first-order valence-corrected chi connectivity index (χ1v) is 5.61. The molecule has 0 amide bonds. The number of nitrogens with one attached hydrogen (secondary N) is 1. The van der Waals surface area contributed by atoms with E-state index in [1.165, 1.54) is 12.8 Å². The Morgan fingerprint density at radius 3 is 3.13 bits per heavy atom. The molecule has 82 valence electrons. The van der Waals surface area contributed by atoms with Gasteiger partial charge in [0.25, 0.3) is 0 Å². The molecule has 0 radical (unpaired) electrons. The average Bonchev–Trinajstić information content (AvgIpc) is 3.04. The largest absolute Gasteiger partial charge is 0.490 e. The third kappa shape index (κ3) is 3.51. The molecule has 0 bridgehead atoms. The summed E-state index contributed by atoms with van der Waals surface area (Å²) in [5.41, 5.74) is 0.958. The highest BCUT2D eigenvalue weighted by Crippen LogP contribution is 2.27. The highest BCUT2D eigenvalue weighted by molar-refractivity contribution is 5.25. The molecule has 0 saturated heterocycles. The lowest BCUT2D eigenvalue weighted by Gasteiger charge is -2.08. The molecule has 3 nitrogen and oxygen atoms in total. The van der Waals surface area contributed by atoms with Gasteiger partial charge in [-0.25, -0.2) is 0 Å². The van der Waals surface area contributed by atoms with Crippen LogP contribution in [-0.2, 0) is 0 Å². The van der Waals surface area contributed by atoms with Crippen LogP contribution in [0.5, 0.6) is 5.75 Å². The molecule has 0 spiro atoms. The molecule has 1 aliphatic carbocycles. The maximum Gasteiger partial charge on any atom is 0.140 e. The van der Waals surface area contributed by atoms with E-state index in [9.17, 15) is 0 Å². The topological polar surface area (TPSA) is 34.1 Å². The lowest BCUT2D eigenvalue weighted by molar-refractivity contribution is 0.310. The number of pyridine rings is 1. The highest BCUT2D eigenvalue weighted by Gasteiger charge is 2.19. The number of hydrogen-bond donors (Lipinski definition) is 1. The summed E-state index contributed by atoms with van der Waals surface area (Å²) in [5, 5.41) is 3.39. The Hall–Kier alpha value is -1.09. The van der Waals surface area contributed by atoms with Gasteiger partial charge < -0.3 is 10.1 Å². The van der Waals surface area contributed by atoms with Crippen molar-refractivity contribution in [2.45, 2.75) is 19.8 Å². The maximum atomic E-state index is 5.61. The molecule has 1 aliphatic rings. The molecule has 1 aromatic rings. The van der Waals surface area contributed by atoms with E-state index < -0.39 is 0 Å². The van der Waals surface area contributed by atoms with E-state index in [0.717, 1.165) is 37.1 Å². The fourth-order valence-electron chi connectivity index (χ4n) is 1.48. The van der Waals surface area contributed by atoms with Crippen molar-refractivity contribution in [3.8, 4) is 5.75 Å². The summed E-state index contributed by atoms with van der Waals surface area (Å²) in [4.78, 5) is 4.17. The van der Waals surface area contributed by atoms with Crippen LogP contribution in [0.25, 0.3) is 0 Å². The van der Waals surface area contributed by atoms with E-state index in [4.69, 9.17) is 4.74 Å². The number of aromatic nitrogens is 1. The van der Waals surface area contributed by atoms with E-state index in [0.29, 0.717) is 0 Å². The zero-order valence-electron chi connectivity index (χ0n) is 9.20. The van der Waals surface area contributed by atoms with E-state index in [1.807, 2.05) is 19.1 Å². The van der Waals surface area contributed by atoms with Crippen LogP contribution in [0, 0.1) is 12.8 Å². The fourth-order valence-corrected chi connectivity index (χ4v) is 1.48. The summed E-state index contributed by atoms with van der Waals surface area (Å²) in [5.74, 6) is 1.83. The van der Waals surface area contributed by atoms with Crippen LogP contribution in [0.3, 0.4) is 0 Å². The Bertz CT molecular complexity index is 310. The molecule has 0 unspecified atom stereocenters. The first-order chi connectivity index (χ1) is 7.36. The van der Waals surface area contributed by atoms with E-state index in [2.05, 4.69) is 10.3 Å². The fraction of sp³-hybridized carbons (Fsp3) is 0.583. The average molecular weight is 206 g/mol. The molecule has 0 aliphatic heterocycles. The summed E-state index contributed by atoms with van der Waals surface area (Å²) in [6, 6.07) is 3.86. The molecular formula is C12H18N2O. The molecule has 1 N–H and O–H groups in total. The minimum Gasteiger partial charge on any atom is -0.490 e. The van der Waals surface area contributed by atoms with E-state index in [-0.39, 0.29) is 0 Å². The van der Waals surface area contributed by atoms with Gasteiger partial charge in [0.1, 0.15) is 12.4 Å². The summed E-state index contributed by atoms with van der Waals surface area (Å²) in [6.45, 7) is 4.76. The quantitative estimate of drug-likeness (QED) is 0.720. The van der Waals surface area contributed by atoms with Gasteiger partial charge in [0.15, 0.2) is 0 Å². The van der Waals surface area contributed by atoms with Gasteiger partial charge in [0, 0.05) is 12.7 Å². The van der Waals surface area contributed by atoms with Crippen molar-refractivity contribution in [2.24, 2.45) is 5.92 Å². The molecular weight excluding hydrogens is 188 g/mol. The second-order valence-electron chi connectivity index (χ2n) is 4.08. The number of aryl methyl sites for hydroxylation is 1. The summed E-state index contributed by atoms with van der Waals surface area (Å²) in [6.07, 6.45) is 4.58. The first kappa shape index (κ1) is 10.4. The lowest BCUT2D eigenvalue weighted by atomic mass is 10.3. The van der Waals surface area contributed by atoms with Gasteiger partial charge in [0.2, 0.25) is 0 Å². The van der Waals surface area contributed by atoms with Gasteiger partial charge in [0.05, 0.1) is 5.69 Å². The van der Waals surface area contributed by atoms with Crippen molar-refractivity contribution in [1.29, 1.82) is 0 Å². The van der Waals surface area contributed by atoms with Crippen LogP contribution in [0.2, 0.25) is 0 Å². The standard InChI is InChI=1S/C12H18N2O/c1-10-12(3-2-6-14-10)15-8-7-13-9-11-4-5-11/h2-3,6,11,13H,4-5,7-9H2,1H3. The first-order valence-electron chi connectivity index (χ1n) is 5.61. The van der Waals surface area contributed by atoms with Crippen LogP contribution in [-0.4, -0.2) is 24.7 Å². The maximum absolute atomic E-state index is 5.61. The van der Waals surface area contributed by atoms with Crippen molar-refractivity contribution in [3.05, 3.63) is 24.0 Å². The summed E-state index contributed by atoms with van der Waals surface area (Å²) >= 11 is 0. The predicted octanol–water partition coefficient (Wildman–Crippen LogP) is 1.77. The Labute approximate surface area is 90.9 Å². The van der Waals surface area contributed by atoms with E-state index in [1.54, 1.807) is 6.20 Å². The van der Waals surface area contributed by atoms with Crippen molar-refractivity contribution in [2.75, 3.05) is 19.7 Å². The van der Waals surface area contributed by atoms with Gasteiger partial charge in [-0.1, -0.05) is 0 Å². The monoisotopic (exact) mass is 206 g/mol. The van der Waals surface area contributed by atoms with E-state index >= 15 is 0 Å². The van der Waals surface area contributed by atoms with Crippen molar-refractivity contribution < 1.29 is 4.74 Å². The van der Waals surface area contributed by atoms with Gasteiger partial charge >= 0.3 is 0 Å². The van der Waals surface area contributed by atoms with Crippen LogP contribution < -0.4 is 10.1 Å². The number of ether oxygens (including phenoxy) is 1.